The summed E-state index contributed by atoms with van der Waals surface area (Å²) in [6.45, 7) is 4.67. The zero-order valence-electron chi connectivity index (χ0n) is 13.7. The first-order valence-electron chi connectivity index (χ1n) is 7.76. The van der Waals surface area contributed by atoms with Crippen LogP contribution < -0.4 is 5.73 Å². The molecule has 2 atom stereocenters. The third-order valence-corrected chi connectivity index (χ3v) is 5.14. The average Bonchev–Trinajstić information content (AvgIpc) is 2.96. The van der Waals surface area contributed by atoms with Gasteiger partial charge in [-0.1, -0.05) is 13.3 Å². The van der Waals surface area contributed by atoms with E-state index in [1.807, 2.05) is 6.92 Å². The predicted octanol–water partition coefficient (Wildman–Crippen LogP) is 3.81. The molecule has 1 aliphatic heterocycles. The van der Waals surface area contributed by atoms with Crippen molar-refractivity contribution in [1.82, 2.24) is 9.88 Å². The van der Waals surface area contributed by atoms with E-state index in [2.05, 4.69) is 4.98 Å². The number of alkyl halides is 3. The van der Waals surface area contributed by atoms with Crippen molar-refractivity contribution in [2.45, 2.75) is 57.2 Å². The molecular weight excluding hydrogens is 363 g/mol. The molecule has 2 heterocycles. The lowest BCUT2D eigenvalue weighted by Crippen LogP contribution is -2.55. The van der Waals surface area contributed by atoms with Crippen molar-refractivity contribution in [2.75, 3.05) is 13.1 Å². The lowest BCUT2D eigenvalue weighted by atomic mass is 9.92. The number of hydrogen-bond acceptors (Lipinski definition) is 4. The molecule has 1 aromatic rings. The number of aromatic nitrogens is 1. The van der Waals surface area contributed by atoms with Gasteiger partial charge in [0.15, 0.2) is 5.69 Å². The second-order valence-electron chi connectivity index (χ2n) is 6.33. The molecule has 9 heteroatoms. The molecule has 1 aromatic heterocycles. The number of carbonyl (C=O) groups is 1. The molecule has 4 nitrogen and oxygen atoms in total. The molecule has 0 bridgehead atoms. The molecule has 0 aliphatic carbocycles. The smallest absolute Gasteiger partial charge is 0.340 e. The second-order valence-corrected chi connectivity index (χ2v) is 7.22. The van der Waals surface area contributed by atoms with Crippen LogP contribution in [-0.2, 0) is 11.0 Å². The Labute approximate surface area is 150 Å². The quantitative estimate of drug-likeness (QED) is 0.857. The van der Waals surface area contributed by atoms with Gasteiger partial charge in [0.2, 0.25) is 5.91 Å². The zero-order valence-corrected chi connectivity index (χ0v) is 15.4. The van der Waals surface area contributed by atoms with Crippen molar-refractivity contribution >= 4 is 29.7 Å². The summed E-state index contributed by atoms with van der Waals surface area (Å²) in [5.41, 5.74) is 4.32. The van der Waals surface area contributed by atoms with E-state index < -0.39 is 17.4 Å². The summed E-state index contributed by atoms with van der Waals surface area (Å²) in [4.78, 5) is 18.0. The molecule has 0 radical (unpaired) electrons. The van der Waals surface area contributed by atoms with Crippen LogP contribution in [0.5, 0.6) is 0 Å². The molecule has 1 aliphatic rings. The fourth-order valence-electron chi connectivity index (χ4n) is 2.96. The number of nitrogens with two attached hydrogens (primary N) is 1. The molecule has 138 valence electrons. The molecule has 1 amide bonds. The lowest BCUT2D eigenvalue weighted by Gasteiger charge is -2.37. The van der Waals surface area contributed by atoms with Gasteiger partial charge >= 0.3 is 6.18 Å². The minimum atomic E-state index is -4.42. The van der Waals surface area contributed by atoms with E-state index in [1.165, 1.54) is 0 Å². The van der Waals surface area contributed by atoms with Crippen molar-refractivity contribution in [1.29, 1.82) is 0 Å². The molecular formula is C15H23ClF3N3OS. The third-order valence-electron chi connectivity index (χ3n) is 4.13. The minimum absolute atomic E-state index is 0. The van der Waals surface area contributed by atoms with Gasteiger partial charge in [-0.2, -0.15) is 13.2 Å². The highest BCUT2D eigenvalue weighted by Gasteiger charge is 2.37. The number of carbonyl (C=O) groups excluding carboxylic acids is 1. The fourth-order valence-corrected chi connectivity index (χ4v) is 3.91. The third kappa shape index (κ3) is 4.83. The summed E-state index contributed by atoms with van der Waals surface area (Å²) in [5.74, 6) is -0.275. The number of halogens is 4. The Morgan fingerprint density at radius 3 is 2.71 bits per heavy atom. The molecule has 0 aromatic carbocycles. The molecule has 2 N–H and O–H groups in total. The van der Waals surface area contributed by atoms with E-state index in [1.54, 1.807) is 11.8 Å². The van der Waals surface area contributed by atoms with E-state index in [-0.39, 0.29) is 24.2 Å². The monoisotopic (exact) mass is 385 g/mol. The molecule has 2 rings (SSSR count). The van der Waals surface area contributed by atoms with Crippen molar-refractivity contribution in [3.8, 4) is 0 Å². The molecule has 2 unspecified atom stereocenters. The number of nitrogens with zero attached hydrogens (tertiary/aromatic N) is 2. The molecule has 1 fully saturated rings. The van der Waals surface area contributed by atoms with Crippen LogP contribution in [0, 0.1) is 0 Å². The summed E-state index contributed by atoms with van der Waals surface area (Å²) in [6.07, 6.45) is -1.54. The highest BCUT2D eigenvalue weighted by molar-refractivity contribution is 7.09. The van der Waals surface area contributed by atoms with Crippen LogP contribution in [0.3, 0.4) is 0 Å². The van der Waals surface area contributed by atoms with Crippen molar-refractivity contribution in [2.24, 2.45) is 5.73 Å². The molecule has 1 saturated heterocycles. The van der Waals surface area contributed by atoms with E-state index in [0.29, 0.717) is 24.5 Å². The Hall–Kier alpha value is -0.860. The number of likely N-dealkylation sites (tertiary alicyclic amines) is 1. The van der Waals surface area contributed by atoms with Crippen molar-refractivity contribution < 1.29 is 18.0 Å². The maximum atomic E-state index is 12.7. The molecule has 0 spiro atoms. The first kappa shape index (κ1) is 21.2. The molecule has 24 heavy (non-hydrogen) atoms. The van der Waals surface area contributed by atoms with Gasteiger partial charge in [0.05, 0.1) is 10.5 Å². The van der Waals surface area contributed by atoms with Crippen LogP contribution in [0.1, 0.15) is 56.2 Å². The number of amides is 1. The van der Waals surface area contributed by atoms with Crippen LogP contribution in [0.15, 0.2) is 5.38 Å². The van der Waals surface area contributed by atoms with Gasteiger partial charge < -0.3 is 10.6 Å². The minimum Gasteiger partial charge on any atom is -0.340 e. The SMILES string of the molecule is CCCC(C)(N)C(=O)N1CCCC(c2nc(C(F)(F)F)cs2)C1.Cl. The number of thiazole rings is 1. The summed E-state index contributed by atoms with van der Waals surface area (Å²) < 4.78 is 38.0. The fraction of sp³-hybridized carbons (Fsp3) is 0.733. The van der Waals surface area contributed by atoms with E-state index in [4.69, 9.17) is 5.73 Å². The Bertz CT molecular complexity index is 562. The van der Waals surface area contributed by atoms with Gasteiger partial charge in [0, 0.05) is 24.4 Å². The maximum Gasteiger partial charge on any atom is 0.434 e. The number of hydrogen-bond donors (Lipinski definition) is 1. The van der Waals surface area contributed by atoms with Crippen LogP contribution in [0.2, 0.25) is 0 Å². The molecule has 0 saturated carbocycles. The lowest BCUT2D eigenvalue weighted by molar-refractivity contribution is -0.141. The normalized spacial score (nSPS) is 21.1. The van der Waals surface area contributed by atoms with Gasteiger partial charge in [-0.25, -0.2) is 4.98 Å². The van der Waals surface area contributed by atoms with Crippen LogP contribution >= 0.6 is 23.7 Å². The summed E-state index contributed by atoms with van der Waals surface area (Å²) in [5, 5.41) is 1.49. The van der Waals surface area contributed by atoms with Gasteiger partial charge in [0.25, 0.3) is 0 Å². The number of piperidine rings is 1. The first-order chi connectivity index (χ1) is 10.6. The Morgan fingerprint density at radius 2 is 2.17 bits per heavy atom. The zero-order chi connectivity index (χ0) is 17.3. The van der Waals surface area contributed by atoms with Gasteiger partial charge in [-0.3, -0.25) is 4.79 Å². The Balaban J connectivity index is 0.00000288. The highest BCUT2D eigenvalue weighted by atomic mass is 35.5. The summed E-state index contributed by atoms with van der Waals surface area (Å²) in [7, 11) is 0. The Morgan fingerprint density at radius 1 is 1.50 bits per heavy atom. The largest absolute Gasteiger partial charge is 0.434 e. The standard InChI is InChI=1S/C15H22F3N3OS.ClH/c1-3-6-14(2,19)13(22)21-7-4-5-10(8-21)12-20-11(9-23-12)15(16,17)18;/h9-10H,3-8,19H2,1-2H3;1H. The van der Waals surface area contributed by atoms with Crippen LogP contribution in [0.4, 0.5) is 13.2 Å². The van der Waals surface area contributed by atoms with Gasteiger partial charge in [-0.15, -0.1) is 23.7 Å². The topological polar surface area (TPSA) is 59.2 Å². The summed E-state index contributed by atoms with van der Waals surface area (Å²) >= 11 is 1.01. The maximum absolute atomic E-state index is 12.7. The summed E-state index contributed by atoms with van der Waals surface area (Å²) in [6, 6.07) is 0. The van der Waals surface area contributed by atoms with Gasteiger partial charge in [-0.05, 0) is 26.2 Å². The van der Waals surface area contributed by atoms with Gasteiger partial charge in [0.1, 0.15) is 0 Å². The number of rotatable bonds is 4. The van der Waals surface area contributed by atoms with Crippen LogP contribution in [0.25, 0.3) is 0 Å². The van der Waals surface area contributed by atoms with E-state index >= 15 is 0 Å². The highest BCUT2D eigenvalue weighted by Crippen LogP contribution is 2.35. The van der Waals surface area contributed by atoms with Crippen molar-refractivity contribution in [3.05, 3.63) is 16.1 Å². The van der Waals surface area contributed by atoms with Crippen LogP contribution in [-0.4, -0.2) is 34.4 Å². The second kappa shape index (κ2) is 8.01. The Kier molecular flexibility index (Phi) is 7.07. The first-order valence-corrected chi connectivity index (χ1v) is 8.64. The van der Waals surface area contributed by atoms with E-state index in [0.717, 1.165) is 36.0 Å². The predicted molar refractivity (Wildman–Crippen MR) is 90.4 cm³/mol. The average molecular weight is 386 g/mol. The van der Waals surface area contributed by atoms with E-state index in [9.17, 15) is 18.0 Å². The van der Waals surface area contributed by atoms with Crippen molar-refractivity contribution in [3.63, 3.8) is 0 Å².